The molecule has 3 N–H and O–H groups in total. The lowest BCUT2D eigenvalue weighted by Gasteiger charge is -2.32. The Morgan fingerprint density at radius 2 is 1.98 bits per heavy atom. The number of carbonyl (C=O) groups excluding carboxylic acids is 5. The lowest BCUT2D eigenvalue weighted by atomic mass is 9.98. The summed E-state index contributed by atoms with van der Waals surface area (Å²) in [4.78, 5) is 77.8. The van der Waals surface area contributed by atoms with Crippen molar-refractivity contribution in [2.75, 3.05) is 24.6 Å². The smallest absolute Gasteiger partial charge is 0.269 e. The molecule has 0 aliphatic carbocycles. The number of nitrogens with one attached hydrogen (secondary N) is 3. The van der Waals surface area contributed by atoms with Crippen molar-refractivity contribution >= 4 is 52.2 Å². The molecule has 0 spiro atoms. The van der Waals surface area contributed by atoms with Gasteiger partial charge in [-0.3, -0.25) is 39.3 Å². The minimum Gasteiger partial charge on any atom is -0.489 e. The van der Waals surface area contributed by atoms with Crippen LogP contribution < -0.4 is 20.3 Å². The van der Waals surface area contributed by atoms with Crippen LogP contribution in [0.1, 0.15) is 86.9 Å². The van der Waals surface area contributed by atoms with Gasteiger partial charge in [-0.1, -0.05) is 31.8 Å². The van der Waals surface area contributed by atoms with E-state index in [1.165, 1.54) is 4.90 Å². The van der Waals surface area contributed by atoms with Gasteiger partial charge in [0.05, 0.1) is 18.4 Å². The summed E-state index contributed by atoms with van der Waals surface area (Å²) in [5.74, 6) is 5.72. The number of piperidine rings is 1. The van der Waals surface area contributed by atoms with E-state index in [1.54, 1.807) is 42.9 Å². The molecule has 0 radical (unpaired) electrons. The molecule has 8 rings (SSSR count). The van der Waals surface area contributed by atoms with Crippen molar-refractivity contribution in [3.8, 4) is 28.8 Å². The van der Waals surface area contributed by atoms with Gasteiger partial charge in [-0.25, -0.2) is 0 Å². The second-order valence-electron chi connectivity index (χ2n) is 14.0. The number of ether oxygens (including phenoxy) is 1. The van der Waals surface area contributed by atoms with Gasteiger partial charge in [0.15, 0.2) is 6.29 Å². The second kappa shape index (κ2) is 14.5. The number of amides is 4. The number of aromatic nitrogens is 3. The molecule has 13 heteroatoms. The number of fused-ring (bicyclic) bond motifs is 3. The number of aromatic amines is 1. The normalized spacial score (nSPS) is 16.3. The molecule has 276 valence electrons. The van der Waals surface area contributed by atoms with E-state index in [9.17, 15) is 24.0 Å². The zero-order chi connectivity index (χ0) is 38.2. The monoisotopic (exact) mass is 735 g/mol. The molecule has 6 heterocycles. The number of carbonyl (C=O) groups is 5. The Balaban J connectivity index is 0.900. The fourth-order valence-corrected chi connectivity index (χ4v) is 7.38. The summed E-state index contributed by atoms with van der Waals surface area (Å²) in [5.41, 5.74) is 8.04. The molecular formula is C42H37N7O6. The summed E-state index contributed by atoms with van der Waals surface area (Å²) in [6.45, 7) is 5.88. The fraction of sp³-hybridized carbons (Fsp3) is 0.262. The van der Waals surface area contributed by atoms with Crippen LogP contribution in [0.2, 0.25) is 0 Å². The van der Waals surface area contributed by atoms with E-state index < -0.39 is 11.9 Å². The molecule has 5 aromatic rings. The van der Waals surface area contributed by atoms with Crippen LogP contribution in [0.25, 0.3) is 22.2 Å². The predicted molar refractivity (Wildman–Crippen MR) is 204 cm³/mol. The van der Waals surface area contributed by atoms with Crippen LogP contribution in [-0.4, -0.2) is 75.5 Å². The van der Waals surface area contributed by atoms with E-state index >= 15 is 0 Å². The van der Waals surface area contributed by atoms with Gasteiger partial charge in [0.2, 0.25) is 11.8 Å². The maximum absolute atomic E-state index is 13.1. The molecule has 4 amide bonds. The summed E-state index contributed by atoms with van der Waals surface area (Å²) in [7, 11) is 0. The minimum absolute atomic E-state index is 0.189. The van der Waals surface area contributed by atoms with Crippen LogP contribution in [-0.2, 0) is 16.1 Å². The van der Waals surface area contributed by atoms with Crippen LogP contribution in [0.4, 0.5) is 11.4 Å². The summed E-state index contributed by atoms with van der Waals surface area (Å²) < 4.78 is 6.07. The molecule has 0 saturated carbocycles. The number of pyridine rings is 2. The molecular weight excluding hydrogens is 699 g/mol. The largest absolute Gasteiger partial charge is 0.489 e. The zero-order valence-corrected chi connectivity index (χ0v) is 30.3. The van der Waals surface area contributed by atoms with Gasteiger partial charge >= 0.3 is 0 Å². The van der Waals surface area contributed by atoms with E-state index in [-0.39, 0.29) is 48.8 Å². The first kappa shape index (κ1) is 35.2. The molecule has 55 heavy (non-hydrogen) atoms. The summed E-state index contributed by atoms with van der Waals surface area (Å²) in [6, 6.07) is 14.1. The van der Waals surface area contributed by atoms with E-state index in [0.29, 0.717) is 54.1 Å². The molecule has 3 aromatic heterocycles. The fourth-order valence-electron chi connectivity index (χ4n) is 7.38. The standard InChI is InChI=1S/C42H37N7O6/c1-24(2)30-16-28(17-31-27(23-50)20-46-39(30)31)48-14-15-55-37-18-34(45-21-36(37)48)26-9-10-33(44-19-26)40(52)43-13-4-3-6-25-7-5-8-29-32(25)22-49(42(29)54)35-11-12-38(51)47-41(35)53/h5,7-10,16-21,23-24,35,46H,4,11-15,22H2,1-2H3,(H,43,52)(H,47,51,53). The first-order chi connectivity index (χ1) is 26.7. The van der Waals surface area contributed by atoms with E-state index in [2.05, 4.69) is 57.3 Å². The van der Waals surface area contributed by atoms with Gasteiger partial charge in [-0.15, -0.1) is 0 Å². The number of H-pyrrole nitrogens is 1. The summed E-state index contributed by atoms with van der Waals surface area (Å²) in [5, 5.41) is 6.05. The Morgan fingerprint density at radius 3 is 2.76 bits per heavy atom. The quantitative estimate of drug-likeness (QED) is 0.0858. The Morgan fingerprint density at radius 1 is 1.11 bits per heavy atom. The average Bonchev–Trinajstić information content (AvgIpc) is 3.77. The van der Waals surface area contributed by atoms with E-state index in [4.69, 9.17) is 9.72 Å². The van der Waals surface area contributed by atoms with Crippen LogP contribution in [0.3, 0.4) is 0 Å². The molecule has 1 saturated heterocycles. The predicted octanol–water partition coefficient (Wildman–Crippen LogP) is 5.02. The van der Waals surface area contributed by atoms with Crippen molar-refractivity contribution in [2.45, 2.75) is 51.6 Å². The van der Waals surface area contributed by atoms with Crippen molar-refractivity contribution in [1.82, 2.24) is 30.5 Å². The Labute approximate surface area is 316 Å². The maximum Gasteiger partial charge on any atom is 0.269 e. The van der Waals surface area contributed by atoms with Crippen molar-refractivity contribution in [2.24, 2.45) is 0 Å². The molecule has 1 fully saturated rings. The average molecular weight is 736 g/mol. The summed E-state index contributed by atoms with van der Waals surface area (Å²) >= 11 is 0. The van der Waals surface area contributed by atoms with Crippen LogP contribution >= 0.6 is 0 Å². The highest BCUT2D eigenvalue weighted by Gasteiger charge is 2.39. The van der Waals surface area contributed by atoms with Gasteiger partial charge < -0.3 is 24.8 Å². The first-order valence-corrected chi connectivity index (χ1v) is 18.2. The molecule has 3 aliphatic rings. The molecule has 0 bridgehead atoms. The van der Waals surface area contributed by atoms with Crippen molar-refractivity contribution in [1.29, 1.82) is 0 Å². The van der Waals surface area contributed by atoms with Crippen molar-refractivity contribution in [3.63, 3.8) is 0 Å². The third kappa shape index (κ3) is 6.67. The van der Waals surface area contributed by atoms with Crippen molar-refractivity contribution < 1.29 is 28.7 Å². The molecule has 2 aromatic carbocycles. The number of hydrogen-bond acceptors (Lipinski definition) is 9. The number of aldehydes is 1. The maximum atomic E-state index is 13.1. The third-order valence-electron chi connectivity index (χ3n) is 10.2. The zero-order valence-electron chi connectivity index (χ0n) is 30.3. The van der Waals surface area contributed by atoms with Crippen molar-refractivity contribution in [3.05, 3.63) is 101 Å². The minimum atomic E-state index is -0.693. The van der Waals surface area contributed by atoms with Gasteiger partial charge in [-0.05, 0) is 59.9 Å². The number of nitrogens with zero attached hydrogens (tertiary/aromatic N) is 4. The lowest BCUT2D eigenvalue weighted by Crippen LogP contribution is -2.52. The van der Waals surface area contributed by atoms with E-state index in [1.807, 2.05) is 18.2 Å². The molecule has 1 atom stereocenters. The highest BCUT2D eigenvalue weighted by atomic mass is 16.5. The first-order valence-electron chi connectivity index (χ1n) is 18.2. The topological polar surface area (TPSA) is 167 Å². The lowest BCUT2D eigenvalue weighted by molar-refractivity contribution is -0.136. The van der Waals surface area contributed by atoms with Gasteiger partial charge in [0.1, 0.15) is 29.8 Å². The Kier molecular flexibility index (Phi) is 9.32. The number of anilines is 2. The van der Waals surface area contributed by atoms with Crippen LogP contribution in [0, 0.1) is 11.8 Å². The summed E-state index contributed by atoms with van der Waals surface area (Å²) in [6.07, 6.45) is 6.85. The third-order valence-corrected chi connectivity index (χ3v) is 10.2. The molecule has 1 unspecified atom stereocenters. The highest BCUT2D eigenvalue weighted by Crippen LogP contribution is 2.41. The molecule has 13 nitrogen and oxygen atoms in total. The number of rotatable bonds is 8. The van der Waals surface area contributed by atoms with E-state index in [0.717, 1.165) is 45.3 Å². The second-order valence-corrected chi connectivity index (χ2v) is 14.0. The number of benzene rings is 2. The van der Waals surface area contributed by atoms with Gasteiger partial charge in [0, 0.05) is 83.2 Å². The number of imide groups is 1. The highest BCUT2D eigenvalue weighted by molar-refractivity contribution is 6.06. The van der Waals surface area contributed by atoms with Crippen LogP contribution in [0.5, 0.6) is 5.75 Å². The van der Waals surface area contributed by atoms with Gasteiger partial charge in [0.25, 0.3) is 11.8 Å². The Bertz CT molecular complexity index is 2460. The van der Waals surface area contributed by atoms with Gasteiger partial charge in [-0.2, -0.15) is 0 Å². The SMILES string of the molecule is CC(C)c1cc(N2CCOc3cc(-c4ccc(C(=O)NCCC#Cc5cccc6c5CN(C5CCC(=O)NC5=O)C6=O)nc4)ncc32)cc2c(C=O)c[nH]c12. The Hall–Kier alpha value is -6.81. The molecule has 3 aliphatic heterocycles. The van der Waals surface area contributed by atoms with Crippen LogP contribution in [0.15, 0.2) is 67.1 Å². The number of hydrogen-bond donors (Lipinski definition) is 3.